The Bertz CT molecular complexity index is 737. The third-order valence-corrected chi connectivity index (χ3v) is 6.23. The molecule has 27 heavy (non-hydrogen) atoms. The number of fused-ring (bicyclic) bond motifs is 1. The molecule has 0 radical (unpaired) electrons. The van der Waals surface area contributed by atoms with E-state index in [1.54, 1.807) is 9.80 Å². The minimum absolute atomic E-state index is 0.0780. The molecule has 0 spiro atoms. The third kappa shape index (κ3) is 3.22. The number of ether oxygens (including phenoxy) is 1. The highest BCUT2D eigenvalue weighted by Crippen LogP contribution is 2.31. The Morgan fingerprint density at radius 1 is 0.889 bits per heavy atom. The zero-order chi connectivity index (χ0) is 19.0. The maximum absolute atomic E-state index is 13.2. The van der Waals surface area contributed by atoms with Crippen LogP contribution in [0.3, 0.4) is 0 Å². The van der Waals surface area contributed by atoms with Gasteiger partial charge in [-0.1, -0.05) is 24.3 Å². The summed E-state index contributed by atoms with van der Waals surface area (Å²) in [5, 5.41) is 0. The molecular formula is C21H26N2O4. The van der Waals surface area contributed by atoms with E-state index >= 15 is 0 Å². The normalized spacial score (nSPS) is 24.9. The lowest BCUT2D eigenvalue weighted by Crippen LogP contribution is -2.52. The number of hydrogen-bond acceptors (Lipinski definition) is 4. The van der Waals surface area contributed by atoms with Crippen LogP contribution < -0.4 is 0 Å². The monoisotopic (exact) mass is 370 g/mol. The number of methoxy groups -OCH3 is 1. The summed E-state index contributed by atoms with van der Waals surface area (Å²) in [4.78, 5) is 41.7. The van der Waals surface area contributed by atoms with E-state index in [1.807, 2.05) is 12.1 Å². The van der Waals surface area contributed by atoms with E-state index in [1.165, 1.54) is 18.2 Å². The average molecular weight is 370 g/mol. The minimum atomic E-state index is -0.504. The van der Waals surface area contributed by atoms with Crippen molar-refractivity contribution in [3.63, 3.8) is 0 Å². The van der Waals surface area contributed by atoms with Crippen molar-refractivity contribution in [3.8, 4) is 0 Å². The molecular weight excluding hydrogens is 344 g/mol. The van der Waals surface area contributed by atoms with Crippen LogP contribution in [0, 0.1) is 5.92 Å². The van der Waals surface area contributed by atoms with Crippen molar-refractivity contribution in [1.29, 1.82) is 0 Å². The van der Waals surface area contributed by atoms with E-state index in [0.717, 1.165) is 25.7 Å². The fourth-order valence-electron chi connectivity index (χ4n) is 4.86. The number of nitrogens with zero attached hydrogens (tertiary/aromatic N) is 2. The summed E-state index contributed by atoms with van der Waals surface area (Å²) in [5.41, 5.74) is 2.48. The van der Waals surface area contributed by atoms with Crippen molar-refractivity contribution in [2.75, 3.05) is 20.2 Å². The van der Waals surface area contributed by atoms with Crippen LogP contribution in [0.2, 0.25) is 0 Å². The largest absolute Gasteiger partial charge is 0.467 e. The minimum Gasteiger partial charge on any atom is -0.467 e. The van der Waals surface area contributed by atoms with Crippen molar-refractivity contribution >= 4 is 17.8 Å². The van der Waals surface area contributed by atoms with Gasteiger partial charge in [-0.25, -0.2) is 4.79 Å². The van der Waals surface area contributed by atoms with Crippen LogP contribution in [0.25, 0.3) is 0 Å². The predicted molar refractivity (Wildman–Crippen MR) is 98.8 cm³/mol. The summed E-state index contributed by atoms with van der Waals surface area (Å²) in [6.07, 6.45) is 4.44. The van der Waals surface area contributed by atoms with Crippen LogP contribution in [-0.4, -0.2) is 59.9 Å². The van der Waals surface area contributed by atoms with E-state index in [-0.39, 0.29) is 23.7 Å². The zero-order valence-corrected chi connectivity index (χ0v) is 15.7. The van der Waals surface area contributed by atoms with Gasteiger partial charge in [-0.15, -0.1) is 0 Å². The molecule has 0 N–H and O–H groups in total. The average Bonchev–Trinajstić information content (AvgIpc) is 3.44. The van der Waals surface area contributed by atoms with Gasteiger partial charge in [-0.05, 0) is 49.7 Å². The summed E-state index contributed by atoms with van der Waals surface area (Å²) in [6, 6.07) is 7.24. The lowest BCUT2D eigenvalue weighted by Gasteiger charge is -2.31. The maximum Gasteiger partial charge on any atom is 0.328 e. The number of carbonyl (C=O) groups is 3. The first-order valence-electron chi connectivity index (χ1n) is 9.85. The SMILES string of the molecule is COC(=O)[C@@H]1CCCN1C(=O)[C@H]1CCCN1C(=O)C1Cc2ccccc2C1. The van der Waals surface area contributed by atoms with Gasteiger partial charge in [0.05, 0.1) is 7.11 Å². The number of benzene rings is 1. The van der Waals surface area contributed by atoms with E-state index in [0.29, 0.717) is 25.9 Å². The second-order valence-electron chi connectivity index (χ2n) is 7.78. The Hall–Kier alpha value is -2.37. The molecule has 2 amide bonds. The lowest BCUT2D eigenvalue weighted by atomic mass is 10.0. The van der Waals surface area contributed by atoms with Crippen LogP contribution >= 0.6 is 0 Å². The molecule has 2 heterocycles. The van der Waals surface area contributed by atoms with Crippen LogP contribution in [-0.2, 0) is 32.0 Å². The molecule has 6 heteroatoms. The van der Waals surface area contributed by atoms with E-state index < -0.39 is 12.1 Å². The van der Waals surface area contributed by atoms with Crippen LogP contribution in [0.15, 0.2) is 24.3 Å². The first-order valence-corrected chi connectivity index (χ1v) is 9.85. The second-order valence-corrected chi connectivity index (χ2v) is 7.78. The number of esters is 1. The molecule has 1 aliphatic carbocycles. The first kappa shape index (κ1) is 18.0. The molecule has 1 aromatic carbocycles. The van der Waals surface area contributed by atoms with E-state index in [2.05, 4.69) is 12.1 Å². The molecule has 144 valence electrons. The van der Waals surface area contributed by atoms with Gasteiger partial charge >= 0.3 is 5.97 Å². The number of amides is 2. The fraction of sp³-hybridized carbons (Fsp3) is 0.571. The number of likely N-dealkylation sites (tertiary alicyclic amines) is 2. The molecule has 2 atom stereocenters. The summed E-state index contributed by atoms with van der Waals surface area (Å²) in [5.74, 6) is -0.450. The molecule has 0 bridgehead atoms. The molecule has 1 aromatic rings. The van der Waals surface area contributed by atoms with Gasteiger partial charge in [0, 0.05) is 19.0 Å². The van der Waals surface area contributed by atoms with Crippen molar-refractivity contribution < 1.29 is 19.1 Å². The van der Waals surface area contributed by atoms with Gasteiger partial charge < -0.3 is 14.5 Å². The van der Waals surface area contributed by atoms with E-state index in [4.69, 9.17) is 4.74 Å². The quantitative estimate of drug-likeness (QED) is 0.758. The van der Waals surface area contributed by atoms with Crippen molar-refractivity contribution in [2.45, 2.75) is 50.6 Å². The number of carbonyl (C=O) groups excluding carboxylic acids is 3. The molecule has 4 rings (SSSR count). The molecule has 0 saturated carbocycles. The molecule has 2 saturated heterocycles. The highest BCUT2D eigenvalue weighted by atomic mass is 16.5. The summed E-state index contributed by atoms with van der Waals surface area (Å²) in [7, 11) is 1.35. The van der Waals surface area contributed by atoms with Crippen LogP contribution in [0.5, 0.6) is 0 Å². The molecule has 6 nitrogen and oxygen atoms in total. The number of rotatable bonds is 3. The standard InChI is InChI=1S/C21H26N2O4/c1-27-21(26)18-9-5-11-23(18)20(25)17-8-4-10-22(17)19(24)16-12-14-6-2-3-7-15(14)13-16/h2-3,6-7,16-18H,4-5,8-13H2,1H3/t17-,18+/m1/s1. The lowest BCUT2D eigenvalue weighted by molar-refractivity contribution is -0.154. The molecule has 2 aliphatic heterocycles. The van der Waals surface area contributed by atoms with Gasteiger partial charge in [0.1, 0.15) is 12.1 Å². The van der Waals surface area contributed by atoms with Gasteiger partial charge in [-0.3, -0.25) is 9.59 Å². The van der Waals surface area contributed by atoms with Gasteiger partial charge in [0.15, 0.2) is 0 Å². The van der Waals surface area contributed by atoms with Crippen molar-refractivity contribution in [3.05, 3.63) is 35.4 Å². The molecule has 3 aliphatic rings. The fourth-order valence-corrected chi connectivity index (χ4v) is 4.86. The highest BCUT2D eigenvalue weighted by Gasteiger charge is 2.44. The Morgan fingerprint density at radius 2 is 1.44 bits per heavy atom. The van der Waals surface area contributed by atoms with Crippen molar-refractivity contribution in [1.82, 2.24) is 9.80 Å². The summed E-state index contributed by atoms with van der Waals surface area (Å²) >= 11 is 0. The van der Waals surface area contributed by atoms with Crippen LogP contribution in [0.1, 0.15) is 36.8 Å². The second kappa shape index (κ2) is 7.33. The van der Waals surface area contributed by atoms with Gasteiger partial charge in [-0.2, -0.15) is 0 Å². The smallest absolute Gasteiger partial charge is 0.328 e. The Balaban J connectivity index is 1.47. The van der Waals surface area contributed by atoms with Gasteiger partial charge in [0.25, 0.3) is 0 Å². The number of hydrogen-bond donors (Lipinski definition) is 0. The third-order valence-electron chi connectivity index (χ3n) is 6.23. The topological polar surface area (TPSA) is 66.9 Å². The maximum atomic E-state index is 13.2. The Kier molecular flexibility index (Phi) is 4.89. The summed E-state index contributed by atoms with van der Waals surface area (Å²) in [6.45, 7) is 1.19. The Morgan fingerprint density at radius 3 is 2.04 bits per heavy atom. The van der Waals surface area contributed by atoms with Gasteiger partial charge in [0.2, 0.25) is 11.8 Å². The highest BCUT2D eigenvalue weighted by molar-refractivity contribution is 5.92. The first-order chi connectivity index (χ1) is 13.1. The van der Waals surface area contributed by atoms with Crippen LogP contribution in [0.4, 0.5) is 0 Å². The van der Waals surface area contributed by atoms with Crippen molar-refractivity contribution in [2.24, 2.45) is 5.92 Å². The molecule has 0 aromatic heterocycles. The zero-order valence-electron chi connectivity index (χ0n) is 15.7. The summed E-state index contributed by atoms with van der Waals surface area (Å²) < 4.78 is 4.86. The molecule has 0 unspecified atom stereocenters. The Labute approximate surface area is 159 Å². The molecule has 2 fully saturated rings. The van der Waals surface area contributed by atoms with E-state index in [9.17, 15) is 14.4 Å². The predicted octanol–water partition coefficient (Wildman–Crippen LogP) is 1.56.